The summed E-state index contributed by atoms with van der Waals surface area (Å²) >= 11 is 0. The number of hydrogen-bond acceptors (Lipinski definition) is 1. The van der Waals surface area contributed by atoms with Crippen LogP contribution in [0.4, 0.5) is 0 Å². The van der Waals surface area contributed by atoms with Crippen molar-refractivity contribution in [2.45, 2.75) is 116 Å². The monoisotopic (exact) mass is 473 g/mol. The van der Waals surface area contributed by atoms with E-state index in [0.29, 0.717) is 20.6 Å². The van der Waals surface area contributed by atoms with Gasteiger partial charge >= 0.3 is 0 Å². The van der Waals surface area contributed by atoms with E-state index >= 15 is 0 Å². The van der Waals surface area contributed by atoms with Gasteiger partial charge < -0.3 is 4.98 Å². The number of aromatic nitrogens is 1. The molecule has 0 spiro atoms. The second kappa shape index (κ2) is 11.0. The van der Waals surface area contributed by atoms with Crippen LogP contribution in [-0.4, -0.2) is 20.6 Å². The van der Waals surface area contributed by atoms with E-state index in [1.807, 2.05) is 0 Å². The molecular formula is C22H44CoN2OP2+. The summed E-state index contributed by atoms with van der Waals surface area (Å²) in [6, 6.07) is 4.62. The van der Waals surface area contributed by atoms with Gasteiger partial charge in [-0.3, -0.25) is 0 Å². The first-order chi connectivity index (χ1) is 11.9. The topological polar surface area (TPSA) is 53.5 Å². The molecule has 0 aromatic carbocycles. The van der Waals surface area contributed by atoms with Gasteiger partial charge in [0.15, 0.2) is 0 Å². The van der Waals surface area contributed by atoms with E-state index < -0.39 is 15.8 Å². The average molecular weight is 473 g/mol. The minimum atomic E-state index is -0.553. The summed E-state index contributed by atoms with van der Waals surface area (Å²) in [6.07, 6.45) is 2.37. The minimum absolute atomic E-state index is 0. The molecule has 0 unspecified atom stereocenters. The van der Waals surface area contributed by atoms with Gasteiger partial charge in [-0.25, -0.2) is 0 Å². The van der Waals surface area contributed by atoms with Gasteiger partial charge in [-0.15, -0.1) is 16.3 Å². The van der Waals surface area contributed by atoms with Crippen LogP contribution in [0.5, 0.6) is 0 Å². The van der Waals surface area contributed by atoms with Gasteiger partial charge in [0.05, 0.1) is 32.9 Å². The van der Waals surface area contributed by atoms with Gasteiger partial charge in [0.2, 0.25) is 0 Å². The summed E-state index contributed by atoms with van der Waals surface area (Å²) in [5.74, 6) is 0. The standard InChI is InChI=1S/C22H42NP2.Co.NO/c1-19(2,3)24(20(4,5)6)15-17-13-14-18(23-17)16-25(21(7,8)9)22(10,11)12;;1-2/h13-14H,15-16H2,1-12H3;;/q-1;;/p+2. The first-order valence-corrected chi connectivity index (χ1v) is 13.4. The summed E-state index contributed by atoms with van der Waals surface area (Å²) < 4.78 is 0. The van der Waals surface area contributed by atoms with Crippen LogP contribution in [0.1, 0.15) is 94.5 Å². The minimum Gasteiger partial charge on any atom is -0.659 e. The normalized spacial score (nSPS) is 13.2. The molecule has 1 aromatic rings. The van der Waals surface area contributed by atoms with Crippen molar-refractivity contribution >= 4 is 15.8 Å². The molecule has 0 aliphatic rings. The Morgan fingerprint density at radius 3 is 1.04 bits per heavy atom. The Morgan fingerprint density at radius 1 is 0.643 bits per heavy atom. The van der Waals surface area contributed by atoms with Crippen LogP contribution in [0.25, 0.3) is 0 Å². The fourth-order valence-corrected chi connectivity index (χ4v) is 12.1. The Hall–Kier alpha value is 0.246. The number of nitrogens with zero attached hydrogens (tertiary/aromatic N) is 2. The van der Waals surface area contributed by atoms with Crippen LogP contribution in [0.3, 0.4) is 0 Å². The van der Waals surface area contributed by atoms with Crippen molar-refractivity contribution in [3.63, 3.8) is 0 Å². The quantitative estimate of drug-likeness (QED) is 0.451. The van der Waals surface area contributed by atoms with Crippen LogP contribution >= 0.6 is 15.8 Å². The smallest absolute Gasteiger partial charge is 0.120 e. The largest absolute Gasteiger partial charge is 0.659 e. The zero-order chi connectivity index (χ0) is 21.8. The molecule has 0 atom stereocenters. The predicted octanol–water partition coefficient (Wildman–Crippen LogP) is 6.82. The van der Waals surface area contributed by atoms with Crippen molar-refractivity contribution in [1.29, 1.82) is 0 Å². The molecule has 0 amide bonds. The van der Waals surface area contributed by atoms with E-state index in [9.17, 15) is 0 Å². The van der Waals surface area contributed by atoms with E-state index in [1.165, 1.54) is 23.7 Å². The van der Waals surface area contributed by atoms with Crippen molar-refractivity contribution in [3.8, 4) is 0 Å². The molecule has 1 aromatic heterocycles. The third kappa shape index (κ3) is 9.83. The van der Waals surface area contributed by atoms with Gasteiger partial charge in [-0.2, -0.15) is 0 Å². The third-order valence-electron chi connectivity index (χ3n) is 5.09. The zero-order valence-corrected chi connectivity index (χ0v) is 23.2. The van der Waals surface area contributed by atoms with Crippen molar-refractivity contribution in [2.24, 2.45) is 0 Å². The maximum atomic E-state index is 7.25. The molecule has 0 bridgehead atoms. The molecule has 6 heteroatoms. The number of hydrogen-bond donors (Lipinski definition) is 0. The van der Waals surface area contributed by atoms with Crippen molar-refractivity contribution in [2.75, 3.05) is 0 Å². The maximum Gasteiger partial charge on any atom is 0.120 e. The maximum absolute atomic E-state index is 7.25. The Balaban J connectivity index is 0. The molecule has 2 radical (unpaired) electrons. The summed E-state index contributed by atoms with van der Waals surface area (Å²) in [5.41, 5.74) is 8.41. The van der Waals surface area contributed by atoms with Gasteiger partial charge in [0, 0.05) is 32.6 Å². The molecule has 0 aliphatic heterocycles. The number of nitroso groups, excluding NO2 is 1. The van der Waals surface area contributed by atoms with Crippen LogP contribution in [-0.2, 0) is 29.1 Å². The Labute approximate surface area is 187 Å². The van der Waals surface area contributed by atoms with Crippen LogP contribution in [0.2, 0.25) is 0 Å². The second-order valence-corrected chi connectivity index (χ2v) is 20.4. The molecule has 166 valence electrons. The molecule has 0 fully saturated rings. The predicted molar refractivity (Wildman–Crippen MR) is 128 cm³/mol. The molecule has 0 aliphatic carbocycles. The van der Waals surface area contributed by atoms with Crippen LogP contribution in [0, 0.1) is 4.91 Å². The Morgan fingerprint density at radius 2 is 0.857 bits per heavy atom. The summed E-state index contributed by atoms with van der Waals surface area (Å²) in [4.78, 5) is 12.3. The second-order valence-electron chi connectivity index (χ2n) is 11.7. The summed E-state index contributed by atoms with van der Waals surface area (Å²) in [6.45, 7) is 29.0. The van der Waals surface area contributed by atoms with E-state index in [1.54, 1.807) is 0 Å². The fourth-order valence-electron chi connectivity index (χ4n) is 4.32. The number of rotatable bonds is 4. The summed E-state index contributed by atoms with van der Waals surface area (Å²) in [5, 5.41) is 1.59. The van der Waals surface area contributed by atoms with Crippen molar-refractivity contribution in [1.82, 2.24) is 10.6 Å². The molecular weight excluding hydrogens is 429 g/mol. The van der Waals surface area contributed by atoms with Crippen molar-refractivity contribution in [3.05, 3.63) is 28.4 Å². The molecule has 1 rings (SSSR count). The van der Waals surface area contributed by atoms with Gasteiger partial charge in [0.1, 0.15) is 5.59 Å². The van der Waals surface area contributed by atoms with Crippen LogP contribution < -0.4 is 10.6 Å². The van der Waals surface area contributed by atoms with Crippen LogP contribution in [0.15, 0.2) is 12.1 Å². The fraction of sp³-hybridized carbons (Fsp3) is 0.818. The SMILES string of the molecule is CC(C)(C)[PH+](Cc1ccc(C[PH+](C(C)(C)C)C(C)(C)C)[n-]1)C(C)(C)C.[Co].[N]=O. The van der Waals surface area contributed by atoms with E-state index in [-0.39, 0.29) is 16.8 Å². The first-order valence-electron chi connectivity index (χ1n) is 9.95. The van der Waals surface area contributed by atoms with E-state index in [2.05, 4.69) is 95.2 Å². The van der Waals surface area contributed by atoms with Crippen molar-refractivity contribution < 1.29 is 16.8 Å². The third-order valence-corrected chi connectivity index (χ3v) is 13.8. The Bertz CT molecular complexity index is 499. The Kier molecular flexibility index (Phi) is 12.0. The molecule has 1 heterocycles. The van der Waals surface area contributed by atoms with E-state index in [4.69, 9.17) is 15.5 Å². The van der Waals surface area contributed by atoms with E-state index in [0.717, 1.165) is 0 Å². The average Bonchev–Trinajstić information content (AvgIpc) is 2.87. The van der Waals surface area contributed by atoms with Gasteiger partial charge in [-0.05, 0) is 83.1 Å². The molecule has 0 saturated carbocycles. The zero-order valence-electron chi connectivity index (χ0n) is 20.2. The van der Waals surface area contributed by atoms with Gasteiger partial charge in [-0.1, -0.05) is 12.1 Å². The first kappa shape index (κ1) is 30.4. The molecule has 28 heavy (non-hydrogen) atoms. The molecule has 3 nitrogen and oxygen atoms in total. The molecule has 0 N–H and O–H groups in total. The molecule has 0 saturated heterocycles. The summed E-state index contributed by atoms with van der Waals surface area (Å²) in [7, 11) is -1.11. The van der Waals surface area contributed by atoms with Gasteiger partial charge in [0.25, 0.3) is 0 Å².